The van der Waals surface area contributed by atoms with Crippen molar-refractivity contribution in [2.24, 2.45) is 5.92 Å². The summed E-state index contributed by atoms with van der Waals surface area (Å²) in [5, 5.41) is 6.74. The van der Waals surface area contributed by atoms with E-state index in [-0.39, 0.29) is 18.4 Å². The van der Waals surface area contributed by atoms with Crippen LogP contribution in [-0.4, -0.2) is 16.0 Å². The quantitative estimate of drug-likeness (QED) is 0.878. The van der Waals surface area contributed by atoms with Gasteiger partial charge in [-0.15, -0.1) is 0 Å². The number of carbonyl (C=O) groups excluding carboxylic acids is 1. The van der Waals surface area contributed by atoms with Gasteiger partial charge in [0.15, 0.2) is 0 Å². The van der Waals surface area contributed by atoms with E-state index in [1.807, 2.05) is 44.2 Å². The van der Waals surface area contributed by atoms with Gasteiger partial charge in [-0.2, -0.15) is 4.98 Å². The molecular formula is C15H19N3O2. The third-order valence-electron chi connectivity index (χ3n) is 3.27. The lowest BCUT2D eigenvalue weighted by atomic mass is 10.0. The van der Waals surface area contributed by atoms with Crippen molar-refractivity contribution in [3.05, 3.63) is 36.2 Å². The molecule has 1 heterocycles. The van der Waals surface area contributed by atoms with E-state index < -0.39 is 0 Å². The second-order valence-electron chi connectivity index (χ2n) is 4.61. The molecule has 20 heavy (non-hydrogen) atoms. The molecule has 0 aliphatic carbocycles. The van der Waals surface area contributed by atoms with E-state index >= 15 is 0 Å². The number of benzene rings is 1. The van der Waals surface area contributed by atoms with Crippen molar-refractivity contribution in [2.45, 2.75) is 33.2 Å². The fourth-order valence-electron chi connectivity index (χ4n) is 2.00. The van der Waals surface area contributed by atoms with Gasteiger partial charge in [0.05, 0.1) is 6.54 Å². The normalized spacial score (nSPS) is 10.8. The number of nitrogens with zero attached hydrogens (tertiary/aromatic N) is 2. The number of nitrogens with one attached hydrogen (secondary N) is 1. The number of hydrogen-bond acceptors (Lipinski definition) is 4. The molecule has 2 aromatic rings. The Hall–Kier alpha value is -2.17. The minimum atomic E-state index is 0.0365. The number of amides is 1. The largest absolute Gasteiger partial charge is 0.347 e. The highest BCUT2D eigenvalue weighted by molar-refractivity contribution is 5.78. The van der Waals surface area contributed by atoms with E-state index in [9.17, 15) is 4.79 Å². The average Bonchev–Trinajstić information content (AvgIpc) is 2.96. The molecule has 0 fully saturated rings. The molecule has 0 aliphatic rings. The van der Waals surface area contributed by atoms with Crippen LogP contribution in [0.1, 0.15) is 32.6 Å². The van der Waals surface area contributed by atoms with E-state index in [0.717, 1.165) is 18.4 Å². The van der Waals surface area contributed by atoms with Crippen LogP contribution < -0.4 is 5.32 Å². The highest BCUT2D eigenvalue weighted by atomic mass is 16.5. The first-order valence-corrected chi connectivity index (χ1v) is 6.90. The molecule has 1 N–H and O–H groups in total. The van der Waals surface area contributed by atoms with Crippen LogP contribution in [-0.2, 0) is 11.3 Å². The monoisotopic (exact) mass is 273 g/mol. The summed E-state index contributed by atoms with van der Waals surface area (Å²) in [5.74, 6) is 1.04. The summed E-state index contributed by atoms with van der Waals surface area (Å²) in [6.45, 7) is 4.29. The number of carbonyl (C=O) groups is 1. The highest BCUT2D eigenvalue weighted by Crippen LogP contribution is 2.14. The molecule has 0 saturated heterocycles. The topological polar surface area (TPSA) is 68.0 Å². The summed E-state index contributed by atoms with van der Waals surface area (Å²) in [6, 6.07) is 9.59. The van der Waals surface area contributed by atoms with Crippen LogP contribution in [0, 0.1) is 5.92 Å². The van der Waals surface area contributed by atoms with E-state index in [1.54, 1.807) is 0 Å². The summed E-state index contributed by atoms with van der Waals surface area (Å²) < 4.78 is 5.14. The Bertz CT molecular complexity index is 547. The van der Waals surface area contributed by atoms with Gasteiger partial charge in [0.25, 0.3) is 0 Å². The van der Waals surface area contributed by atoms with Crippen molar-refractivity contribution in [3.8, 4) is 11.4 Å². The maximum atomic E-state index is 11.9. The summed E-state index contributed by atoms with van der Waals surface area (Å²) in [7, 11) is 0. The van der Waals surface area contributed by atoms with Crippen molar-refractivity contribution < 1.29 is 9.32 Å². The number of hydrogen-bond donors (Lipinski definition) is 1. The van der Waals surface area contributed by atoms with Crippen molar-refractivity contribution in [1.29, 1.82) is 0 Å². The predicted molar refractivity (Wildman–Crippen MR) is 75.7 cm³/mol. The van der Waals surface area contributed by atoms with Gasteiger partial charge >= 0.3 is 0 Å². The van der Waals surface area contributed by atoms with Gasteiger partial charge in [-0.05, 0) is 12.8 Å². The first-order chi connectivity index (χ1) is 9.74. The Kier molecular flexibility index (Phi) is 4.87. The second-order valence-corrected chi connectivity index (χ2v) is 4.61. The molecule has 0 atom stereocenters. The molecule has 0 saturated carbocycles. The summed E-state index contributed by atoms with van der Waals surface area (Å²) in [5.41, 5.74) is 0.897. The van der Waals surface area contributed by atoms with E-state index in [4.69, 9.17) is 4.52 Å². The van der Waals surface area contributed by atoms with Crippen LogP contribution in [0.2, 0.25) is 0 Å². The van der Waals surface area contributed by atoms with Gasteiger partial charge in [-0.3, -0.25) is 4.79 Å². The van der Waals surface area contributed by atoms with Gasteiger partial charge in [0, 0.05) is 11.5 Å². The van der Waals surface area contributed by atoms with Crippen molar-refractivity contribution in [3.63, 3.8) is 0 Å². The lowest BCUT2D eigenvalue weighted by Gasteiger charge is -2.10. The van der Waals surface area contributed by atoms with Gasteiger partial charge in [-0.25, -0.2) is 0 Å². The molecule has 0 spiro atoms. The Morgan fingerprint density at radius 1 is 1.25 bits per heavy atom. The van der Waals surface area contributed by atoms with Crippen LogP contribution >= 0.6 is 0 Å². The Balaban J connectivity index is 1.95. The summed E-state index contributed by atoms with van der Waals surface area (Å²) in [4.78, 5) is 16.1. The van der Waals surface area contributed by atoms with Gasteiger partial charge in [-0.1, -0.05) is 49.3 Å². The molecular weight excluding hydrogens is 254 g/mol. The van der Waals surface area contributed by atoms with Crippen molar-refractivity contribution in [1.82, 2.24) is 15.5 Å². The van der Waals surface area contributed by atoms with E-state index in [0.29, 0.717) is 11.7 Å². The SMILES string of the molecule is CCC(CC)C(=O)NCc1nc(-c2ccccc2)no1. The number of aromatic nitrogens is 2. The smallest absolute Gasteiger partial charge is 0.246 e. The molecule has 1 amide bonds. The predicted octanol–water partition coefficient (Wildman–Crippen LogP) is 2.79. The zero-order chi connectivity index (χ0) is 14.4. The molecule has 2 rings (SSSR count). The summed E-state index contributed by atoms with van der Waals surface area (Å²) in [6.07, 6.45) is 1.67. The number of rotatable bonds is 6. The third kappa shape index (κ3) is 3.44. The molecule has 1 aromatic carbocycles. The minimum Gasteiger partial charge on any atom is -0.347 e. The zero-order valence-electron chi connectivity index (χ0n) is 11.8. The molecule has 0 unspecified atom stereocenters. The van der Waals surface area contributed by atoms with Crippen LogP contribution in [0.5, 0.6) is 0 Å². The average molecular weight is 273 g/mol. The molecule has 5 heteroatoms. The first-order valence-electron chi connectivity index (χ1n) is 6.90. The van der Waals surface area contributed by atoms with Gasteiger partial charge in [0.1, 0.15) is 0 Å². The van der Waals surface area contributed by atoms with Crippen LogP contribution in [0.4, 0.5) is 0 Å². The Labute approximate surface area is 118 Å². The third-order valence-corrected chi connectivity index (χ3v) is 3.27. The van der Waals surface area contributed by atoms with Crippen LogP contribution in [0.15, 0.2) is 34.9 Å². The fourth-order valence-corrected chi connectivity index (χ4v) is 2.00. The minimum absolute atomic E-state index is 0.0365. The van der Waals surface area contributed by atoms with Crippen LogP contribution in [0.25, 0.3) is 11.4 Å². The Morgan fingerprint density at radius 3 is 2.60 bits per heavy atom. The molecule has 0 aliphatic heterocycles. The lowest BCUT2D eigenvalue weighted by Crippen LogP contribution is -2.29. The second kappa shape index (κ2) is 6.84. The molecule has 106 valence electrons. The van der Waals surface area contributed by atoms with E-state index in [2.05, 4.69) is 15.5 Å². The summed E-state index contributed by atoms with van der Waals surface area (Å²) >= 11 is 0. The zero-order valence-corrected chi connectivity index (χ0v) is 11.8. The van der Waals surface area contributed by atoms with Gasteiger partial charge in [0.2, 0.25) is 17.6 Å². The van der Waals surface area contributed by atoms with Crippen LogP contribution in [0.3, 0.4) is 0 Å². The van der Waals surface area contributed by atoms with Crippen molar-refractivity contribution >= 4 is 5.91 Å². The van der Waals surface area contributed by atoms with Crippen molar-refractivity contribution in [2.75, 3.05) is 0 Å². The maximum Gasteiger partial charge on any atom is 0.246 e. The standard InChI is InChI=1S/C15H19N3O2/c1-3-11(4-2)15(19)16-10-13-17-14(18-20-13)12-8-6-5-7-9-12/h5-9,11H,3-4,10H2,1-2H3,(H,16,19). The lowest BCUT2D eigenvalue weighted by molar-refractivity contribution is -0.125. The highest BCUT2D eigenvalue weighted by Gasteiger charge is 2.15. The Morgan fingerprint density at radius 2 is 1.95 bits per heavy atom. The van der Waals surface area contributed by atoms with Gasteiger partial charge < -0.3 is 9.84 Å². The first kappa shape index (κ1) is 14.2. The fraction of sp³-hybridized carbons (Fsp3) is 0.400. The molecule has 1 aromatic heterocycles. The molecule has 0 radical (unpaired) electrons. The molecule has 0 bridgehead atoms. The molecule has 5 nitrogen and oxygen atoms in total. The maximum absolute atomic E-state index is 11.9. The van der Waals surface area contributed by atoms with E-state index in [1.165, 1.54) is 0 Å².